The SMILES string of the molecule is Nc1cccc(CCC(=O)N(Cc2ccsc2)C2CC2)c1. The molecule has 2 N–H and O–H groups in total. The van der Waals surface area contributed by atoms with E-state index in [0.29, 0.717) is 12.5 Å². The molecule has 1 aromatic heterocycles. The van der Waals surface area contributed by atoms with E-state index in [1.807, 2.05) is 29.2 Å². The normalized spacial score (nSPS) is 14.1. The molecule has 0 bridgehead atoms. The maximum atomic E-state index is 12.5. The van der Waals surface area contributed by atoms with Gasteiger partial charge in [-0.05, 0) is 59.3 Å². The highest BCUT2D eigenvalue weighted by atomic mass is 32.1. The molecule has 1 amide bonds. The fourth-order valence-electron chi connectivity index (χ4n) is 2.53. The van der Waals surface area contributed by atoms with E-state index < -0.39 is 0 Å². The van der Waals surface area contributed by atoms with Crippen molar-refractivity contribution in [2.24, 2.45) is 0 Å². The van der Waals surface area contributed by atoms with Gasteiger partial charge in [0.2, 0.25) is 5.91 Å². The summed E-state index contributed by atoms with van der Waals surface area (Å²) in [4.78, 5) is 14.6. The number of anilines is 1. The third-order valence-electron chi connectivity index (χ3n) is 3.82. The molecule has 1 fully saturated rings. The first-order valence-corrected chi connectivity index (χ1v) is 8.31. The molecule has 1 heterocycles. The highest BCUT2D eigenvalue weighted by Crippen LogP contribution is 2.29. The maximum absolute atomic E-state index is 12.5. The third-order valence-corrected chi connectivity index (χ3v) is 4.55. The lowest BCUT2D eigenvalue weighted by Crippen LogP contribution is -2.32. The zero-order valence-corrected chi connectivity index (χ0v) is 12.8. The number of hydrogen-bond acceptors (Lipinski definition) is 3. The maximum Gasteiger partial charge on any atom is 0.223 e. The molecule has 21 heavy (non-hydrogen) atoms. The minimum atomic E-state index is 0.256. The van der Waals surface area contributed by atoms with E-state index in [4.69, 9.17) is 5.73 Å². The van der Waals surface area contributed by atoms with Gasteiger partial charge in [-0.3, -0.25) is 4.79 Å². The van der Waals surface area contributed by atoms with Crippen molar-refractivity contribution in [3.05, 3.63) is 52.2 Å². The molecule has 4 heteroatoms. The summed E-state index contributed by atoms with van der Waals surface area (Å²) in [6, 6.07) is 10.4. The number of thiophene rings is 1. The number of amides is 1. The molecule has 3 rings (SSSR count). The molecule has 0 saturated heterocycles. The van der Waals surface area contributed by atoms with Gasteiger partial charge >= 0.3 is 0 Å². The van der Waals surface area contributed by atoms with E-state index in [1.165, 1.54) is 5.56 Å². The molecule has 110 valence electrons. The second-order valence-electron chi connectivity index (χ2n) is 5.63. The Labute approximate surface area is 129 Å². The number of aryl methyl sites for hydroxylation is 1. The Bertz CT molecular complexity index is 605. The van der Waals surface area contributed by atoms with E-state index >= 15 is 0 Å². The van der Waals surface area contributed by atoms with Gasteiger partial charge in [-0.25, -0.2) is 0 Å². The summed E-state index contributed by atoms with van der Waals surface area (Å²) >= 11 is 1.69. The van der Waals surface area contributed by atoms with Crippen LogP contribution in [0, 0.1) is 0 Å². The van der Waals surface area contributed by atoms with E-state index in [0.717, 1.165) is 37.1 Å². The van der Waals surface area contributed by atoms with Crippen molar-refractivity contribution >= 4 is 22.9 Å². The van der Waals surface area contributed by atoms with Crippen LogP contribution in [0.4, 0.5) is 5.69 Å². The summed E-state index contributed by atoms with van der Waals surface area (Å²) in [5.41, 5.74) is 8.91. The molecule has 0 aliphatic heterocycles. The van der Waals surface area contributed by atoms with Crippen LogP contribution >= 0.6 is 11.3 Å². The number of nitrogens with two attached hydrogens (primary N) is 1. The molecule has 1 saturated carbocycles. The van der Waals surface area contributed by atoms with E-state index in [-0.39, 0.29) is 5.91 Å². The van der Waals surface area contributed by atoms with Crippen molar-refractivity contribution < 1.29 is 4.79 Å². The molecule has 0 atom stereocenters. The number of benzene rings is 1. The number of nitrogen functional groups attached to an aromatic ring is 1. The van der Waals surface area contributed by atoms with E-state index in [1.54, 1.807) is 11.3 Å². The van der Waals surface area contributed by atoms with E-state index in [9.17, 15) is 4.79 Å². The van der Waals surface area contributed by atoms with E-state index in [2.05, 4.69) is 16.8 Å². The topological polar surface area (TPSA) is 46.3 Å². The third kappa shape index (κ3) is 3.85. The summed E-state index contributed by atoms with van der Waals surface area (Å²) in [5.74, 6) is 0.256. The van der Waals surface area contributed by atoms with Crippen molar-refractivity contribution in [2.75, 3.05) is 5.73 Å². The molecule has 3 nitrogen and oxygen atoms in total. The van der Waals surface area contributed by atoms with Crippen molar-refractivity contribution in [3.63, 3.8) is 0 Å². The average Bonchev–Trinajstić information content (AvgIpc) is 3.19. The van der Waals surface area contributed by atoms with Gasteiger partial charge in [-0.1, -0.05) is 12.1 Å². The van der Waals surface area contributed by atoms with Crippen LogP contribution in [0.1, 0.15) is 30.4 Å². The zero-order chi connectivity index (χ0) is 14.7. The summed E-state index contributed by atoms with van der Waals surface area (Å²) in [7, 11) is 0. The Hall–Kier alpha value is -1.81. The Morgan fingerprint density at radius 2 is 2.14 bits per heavy atom. The monoisotopic (exact) mass is 300 g/mol. The molecule has 1 aliphatic rings. The van der Waals surface area contributed by atoms with Gasteiger partial charge in [0.15, 0.2) is 0 Å². The predicted octanol–water partition coefficient (Wildman–Crippen LogP) is 3.45. The van der Waals surface area contributed by atoms with Crippen LogP contribution < -0.4 is 5.73 Å². The number of carbonyl (C=O) groups is 1. The van der Waals surface area contributed by atoms with Gasteiger partial charge in [-0.15, -0.1) is 0 Å². The molecule has 0 unspecified atom stereocenters. The lowest BCUT2D eigenvalue weighted by atomic mass is 10.1. The molecule has 1 aliphatic carbocycles. The van der Waals surface area contributed by atoms with Crippen molar-refractivity contribution in [1.82, 2.24) is 4.90 Å². The number of carbonyl (C=O) groups excluding carboxylic acids is 1. The van der Waals surface area contributed by atoms with Crippen LogP contribution in [0.25, 0.3) is 0 Å². The highest BCUT2D eigenvalue weighted by molar-refractivity contribution is 7.07. The second-order valence-corrected chi connectivity index (χ2v) is 6.41. The van der Waals surface area contributed by atoms with Crippen LogP contribution in [-0.4, -0.2) is 16.8 Å². The van der Waals surface area contributed by atoms with Crippen molar-refractivity contribution in [3.8, 4) is 0 Å². The Morgan fingerprint density at radius 3 is 2.81 bits per heavy atom. The Kier molecular flexibility index (Phi) is 4.25. The quantitative estimate of drug-likeness (QED) is 0.831. The molecule has 1 aromatic carbocycles. The minimum Gasteiger partial charge on any atom is -0.399 e. The first kappa shape index (κ1) is 14.1. The smallest absolute Gasteiger partial charge is 0.223 e. The molecular weight excluding hydrogens is 280 g/mol. The fourth-order valence-corrected chi connectivity index (χ4v) is 3.19. The first-order valence-electron chi connectivity index (χ1n) is 7.37. The van der Waals surface area contributed by atoms with Crippen molar-refractivity contribution in [1.29, 1.82) is 0 Å². The number of nitrogens with zero attached hydrogens (tertiary/aromatic N) is 1. The number of hydrogen-bond donors (Lipinski definition) is 1. The van der Waals surface area contributed by atoms with Crippen LogP contribution in [0.3, 0.4) is 0 Å². The largest absolute Gasteiger partial charge is 0.399 e. The summed E-state index contributed by atoms with van der Waals surface area (Å²) < 4.78 is 0. The minimum absolute atomic E-state index is 0.256. The molecule has 2 aromatic rings. The summed E-state index contributed by atoms with van der Waals surface area (Å²) in [6.07, 6.45) is 3.61. The molecule has 0 radical (unpaired) electrons. The van der Waals surface area contributed by atoms with Gasteiger partial charge in [0.05, 0.1) is 0 Å². The van der Waals surface area contributed by atoms with Crippen LogP contribution in [0.5, 0.6) is 0 Å². The first-order chi connectivity index (χ1) is 10.2. The van der Waals surface area contributed by atoms with Gasteiger partial charge in [0, 0.05) is 24.7 Å². The predicted molar refractivity (Wildman–Crippen MR) is 87.1 cm³/mol. The lowest BCUT2D eigenvalue weighted by Gasteiger charge is -2.22. The summed E-state index contributed by atoms with van der Waals surface area (Å²) in [5, 5.41) is 4.19. The van der Waals surface area contributed by atoms with Crippen LogP contribution in [0.2, 0.25) is 0 Å². The zero-order valence-electron chi connectivity index (χ0n) is 12.0. The Balaban J connectivity index is 1.59. The van der Waals surface area contributed by atoms with Gasteiger partial charge < -0.3 is 10.6 Å². The van der Waals surface area contributed by atoms with Crippen LogP contribution in [0.15, 0.2) is 41.1 Å². The average molecular weight is 300 g/mol. The second kappa shape index (κ2) is 6.31. The Morgan fingerprint density at radius 1 is 1.29 bits per heavy atom. The van der Waals surface area contributed by atoms with Gasteiger partial charge in [-0.2, -0.15) is 11.3 Å². The fraction of sp³-hybridized carbons (Fsp3) is 0.353. The van der Waals surface area contributed by atoms with Crippen molar-refractivity contribution in [2.45, 2.75) is 38.3 Å². The molecule has 0 spiro atoms. The molecular formula is C17H20N2OS. The summed E-state index contributed by atoms with van der Waals surface area (Å²) in [6.45, 7) is 0.754. The number of rotatable bonds is 6. The van der Waals surface area contributed by atoms with Gasteiger partial charge in [0.1, 0.15) is 0 Å². The van der Waals surface area contributed by atoms with Crippen LogP contribution in [-0.2, 0) is 17.8 Å². The highest BCUT2D eigenvalue weighted by Gasteiger charge is 2.32. The van der Waals surface area contributed by atoms with Gasteiger partial charge in [0.25, 0.3) is 0 Å². The standard InChI is InChI=1S/C17H20N2OS/c18-15-3-1-2-13(10-15)4-7-17(20)19(16-5-6-16)11-14-8-9-21-12-14/h1-3,8-10,12,16H,4-7,11,18H2. The lowest BCUT2D eigenvalue weighted by molar-refractivity contribution is -0.132.